The minimum absolute atomic E-state index is 0.119. The van der Waals surface area contributed by atoms with Crippen molar-refractivity contribution in [3.05, 3.63) is 197 Å². The molecular formula is C40H37N5OS. The first-order valence-electron chi connectivity index (χ1n) is 15.8. The maximum atomic E-state index is 12.8. The number of hydrogen-bond donors (Lipinski definition) is 1. The van der Waals surface area contributed by atoms with Crippen molar-refractivity contribution < 1.29 is 4.79 Å². The maximum absolute atomic E-state index is 12.8. The van der Waals surface area contributed by atoms with E-state index in [2.05, 4.69) is 122 Å². The molecule has 1 N–H and O–H groups in total. The molecule has 0 saturated heterocycles. The summed E-state index contributed by atoms with van der Waals surface area (Å²) < 4.78 is -0.510. The van der Waals surface area contributed by atoms with E-state index in [9.17, 15) is 4.79 Å². The van der Waals surface area contributed by atoms with Crippen LogP contribution in [-0.2, 0) is 24.4 Å². The molecule has 0 spiro atoms. The third-order valence-corrected chi connectivity index (χ3v) is 9.50. The number of benzene rings is 3. The van der Waals surface area contributed by atoms with E-state index in [1.54, 1.807) is 24.5 Å². The van der Waals surface area contributed by atoms with Gasteiger partial charge in [0.1, 0.15) is 0 Å². The first kappa shape index (κ1) is 31.9. The standard InChI is InChI=1S/C40H37N5OS/c46-39(33-14-12-22-41-28-33)44-25-26-47-40(34-15-3-1-4-16-34,35-17-5-2-6-18-35)36-19-11-13-32(27-36)29-45(30-37-20-7-9-23-42-37)31-38-21-8-10-24-43-38/h1-24,27-28H,25-26,29-31H2,(H,44,46). The predicted molar refractivity (Wildman–Crippen MR) is 190 cm³/mol. The molecule has 0 atom stereocenters. The maximum Gasteiger partial charge on any atom is 0.252 e. The quantitative estimate of drug-likeness (QED) is 0.0986. The molecule has 0 aliphatic rings. The molecule has 0 aliphatic heterocycles. The SMILES string of the molecule is O=C(NCCSC(c1ccccc1)(c1ccccc1)c1cccc(CN(Cc2ccccn2)Cc2ccccn2)c1)c1cccnc1. The predicted octanol–water partition coefficient (Wildman–Crippen LogP) is 7.53. The van der Waals surface area contributed by atoms with Crippen LogP contribution in [0, 0.1) is 0 Å². The number of nitrogens with zero attached hydrogens (tertiary/aromatic N) is 4. The number of hydrogen-bond acceptors (Lipinski definition) is 6. The summed E-state index contributed by atoms with van der Waals surface area (Å²) in [5, 5.41) is 3.09. The summed E-state index contributed by atoms with van der Waals surface area (Å²) >= 11 is 1.83. The Labute approximate surface area is 281 Å². The van der Waals surface area contributed by atoms with Crippen LogP contribution in [0.1, 0.15) is 44.0 Å². The van der Waals surface area contributed by atoms with Crippen LogP contribution in [0.15, 0.2) is 158 Å². The first-order valence-corrected chi connectivity index (χ1v) is 16.7. The van der Waals surface area contributed by atoms with Crippen LogP contribution in [0.25, 0.3) is 0 Å². The lowest BCUT2D eigenvalue weighted by Gasteiger charge is -2.36. The Morgan fingerprint density at radius 2 is 1.26 bits per heavy atom. The highest BCUT2D eigenvalue weighted by Gasteiger charge is 2.37. The minimum Gasteiger partial charge on any atom is -0.351 e. The van der Waals surface area contributed by atoms with Gasteiger partial charge in [0.2, 0.25) is 0 Å². The van der Waals surface area contributed by atoms with Crippen molar-refractivity contribution in [2.24, 2.45) is 0 Å². The molecule has 0 bridgehead atoms. The lowest BCUT2D eigenvalue weighted by atomic mass is 9.83. The number of nitrogens with one attached hydrogen (secondary N) is 1. The molecule has 0 fully saturated rings. The van der Waals surface area contributed by atoms with Gasteiger partial charge >= 0.3 is 0 Å². The summed E-state index contributed by atoms with van der Waals surface area (Å²) in [4.78, 5) is 28.5. The Kier molecular flexibility index (Phi) is 10.8. The lowest BCUT2D eigenvalue weighted by Crippen LogP contribution is -2.30. The van der Waals surface area contributed by atoms with Gasteiger partial charge in [0.15, 0.2) is 0 Å². The second kappa shape index (κ2) is 15.9. The van der Waals surface area contributed by atoms with Gasteiger partial charge in [0.05, 0.1) is 21.7 Å². The van der Waals surface area contributed by atoms with Gasteiger partial charge < -0.3 is 5.32 Å². The number of aromatic nitrogens is 3. The van der Waals surface area contributed by atoms with Gasteiger partial charge in [-0.25, -0.2) is 0 Å². The molecule has 6 nitrogen and oxygen atoms in total. The van der Waals surface area contributed by atoms with Gasteiger partial charge in [-0.05, 0) is 58.7 Å². The van der Waals surface area contributed by atoms with E-state index in [0.717, 1.165) is 17.9 Å². The fourth-order valence-electron chi connectivity index (χ4n) is 5.82. The number of amides is 1. The van der Waals surface area contributed by atoms with Crippen LogP contribution in [-0.4, -0.2) is 38.1 Å². The summed E-state index contributed by atoms with van der Waals surface area (Å²) in [5.74, 6) is 0.581. The Hall–Kier alpha value is -5.11. The highest BCUT2D eigenvalue weighted by atomic mass is 32.2. The number of carbonyl (C=O) groups is 1. The molecule has 3 aromatic carbocycles. The Morgan fingerprint density at radius 3 is 1.83 bits per heavy atom. The smallest absolute Gasteiger partial charge is 0.252 e. The van der Waals surface area contributed by atoms with Crippen LogP contribution < -0.4 is 5.32 Å². The largest absolute Gasteiger partial charge is 0.351 e. The van der Waals surface area contributed by atoms with Gasteiger partial charge in [-0.15, -0.1) is 11.8 Å². The highest BCUT2D eigenvalue weighted by Crippen LogP contribution is 2.48. The van der Waals surface area contributed by atoms with Crippen molar-refractivity contribution in [3.63, 3.8) is 0 Å². The molecule has 0 saturated carbocycles. The van der Waals surface area contributed by atoms with Crippen LogP contribution in [0.5, 0.6) is 0 Å². The fourth-order valence-corrected chi connectivity index (χ4v) is 7.23. The fraction of sp³-hybridized carbons (Fsp3) is 0.150. The number of pyridine rings is 3. The molecule has 3 heterocycles. The van der Waals surface area contributed by atoms with E-state index in [1.807, 2.05) is 48.4 Å². The van der Waals surface area contributed by atoms with E-state index in [1.165, 1.54) is 22.3 Å². The van der Waals surface area contributed by atoms with E-state index >= 15 is 0 Å². The zero-order valence-electron chi connectivity index (χ0n) is 26.2. The molecule has 47 heavy (non-hydrogen) atoms. The monoisotopic (exact) mass is 635 g/mol. The topological polar surface area (TPSA) is 71.0 Å². The summed E-state index contributed by atoms with van der Waals surface area (Å²) in [6, 6.07) is 45.9. The van der Waals surface area contributed by atoms with E-state index in [0.29, 0.717) is 31.0 Å². The van der Waals surface area contributed by atoms with Gasteiger partial charge in [0.25, 0.3) is 5.91 Å². The Balaban J connectivity index is 1.33. The van der Waals surface area contributed by atoms with E-state index in [-0.39, 0.29) is 5.91 Å². The van der Waals surface area contributed by atoms with Crippen molar-refractivity contribution in [3.8, 4) is 0 Å². The van der Waals surface area contributed by atoms with Crippen LogP contribution in [0.2, 0.25) is 0 Å². The molecule has 1 amide bonds. The molecule has 0 unspecified atom stereocenters. The Bertz CT molecular complexity index is 1740. The second-order valence-electron chi connectivity index (χ2n) is 11.2. The average Bonchev–Trinajstić information content (AvgIpc) is 3.14. The molecule has 0 aliphatic carbocycles. The number of rotatable bonds is 14. The van der Waals surface area contributed by atoms with Crippen molar-refractivity contribution in [2.75, 3.05) is 12.3 Å². The van der Waals surface area contributed by atoms with Crippen molar-refractivity contribution in [1.82, 2.24) is 25.2 Å². The third kappa shape index (κ3) is 8.19. The van der Waals surface area contributed by atoms with Gasteiger partial charge in [0, 0.05) is 56.7 Å². The van der Waals surface area contributed by atoms with E-state index in [4.69, 9.17) is 0 Å². The van der Waals surface area contributed by atoms with Crippen LogP contribution in [0.4, 0.5) is 0 Å². The third-order valence-electron chi connectivity index (χ3n) is 7.95. The molecule has 0 radical (unpaired) electrons. The minimum atomic E-state index is -0.510. The summed E-state index contributed by atoms with van der Waals surface area (Å²) in [6.45, 7) is 2.65. The molecule has 3 aromatic heterocycles. The van der Waals surface area contributed by atoms with Gasteiger partial charge in [-0.1, -0.05) is 97.1 Å². The summed E-state index contributed by atoms with van der Waals surface area (Å²) in [5.41, 5.74) is 7.36. The molecule has 6 rings (SSSR count). The Morgan fingerprint density at radius 1 is 0.638 bits per heavy atom. The zero-order chi connectivity index (χ0) is 32.2. The zero-order valence-corrected chi connectivity index (χ0v) is 27.0. The molecule has 234 valence electrons. The average molecular weight is 636 g/mol. The van der Waals surface area contributed by atoms with E-state index < -0.39 is 4.75 Å². The van der Waals surface area contributed by atoms with Gasteiger partial charge in [-0.2, -0.15) is 0 Å². The summed E-state index contributed by atoms with van der Waals surface area (Å²) in [6.07, 6.45) is 6.96. The lowest BCUT2D eigenvalue weighted by molar-refractivity contribution is 0.0956. The second-order valence-corrected chi connectivity index (χ2v) is 12.6. The van der Waals surface area contributed by atoms with Crippen molar-refractivity contribution >= 4 is 17.7 Å². The molecule has 7 heteroatoms. The molecule has 6 aromatic rings. The number of thioether (sulfide) groups is 1. The summed E-state index contributed by atoms with van der Waals surface area (Å²) in [7, 11) is 0. The molecular weight excluding hydrogens is 599 g/mol. The first-order chi connectivity index (χ1) is 23.2. The van der Waals surface area contributed by atoms with Crippen molar-refractivity contribution in [1.29, 1.82) is 0 Å². The highest BCUT2D eigenvalue weighted by molar-refractivity contribution is 8.00. The van der Waals surface area contributed by atoms with Crippen LogP contribution >= 0.6 is 11.8 Å². The number of carbonyl (C=O) groups excluding carboxylic acids is 1. The van der Waals surface area contributed by atoms with Crippen molar-refractivity contribution in [2.45, 2.75) is 24.4 Å². The van der Waals surface area contributed by atoms with Crippen LogP contribution in [0.3, 0.4) is 0 Å². The normalized spacial score (nSPS) is 11.3. The van der Waals surface area contributed by atoms with Gasteiger partial charge in [-0.3, -0.25) is 24.6 Å².